The Bertz CT molecular complexity index is 454. The second-order valence-corrected chi connectivity index (χ2v) is 7.96. The Morgan fingerprint density at radius 2 is 1.57 bits per heavy atom. The van der Waals surface area contributed by atoms with E-state index in [0.717, 1.165) is 6.42 Å². The smallest absolute Gasteiger partial charge is 0.226 e. The van der Waals surface area contributed by atoms with E-state index in [9.17, 15) is 4.79 Å². The summed E-state index contributed by atoms with van der Waals surface area (Å²) >= 11 is 0. The third-order valence-corrected chi connectivity index (χ3v) is 4.66. The lowest BCUT2D eigenvalue weighted by Gasteiger charge is -2.36. The molecule has 118 valence electrons. The van der Waals surface area contributed by atoms with Gasteiger partial charge in [-0.25, -0.2) is 0 Å². The fourth-order valence-corrected chi connectivity index (χ4v) is 2.03. The van der Waals surface area contributed by atoms with Crippen molar-refractivity contribution in [1.29, 1.82) is 0 Å². The van der Waals surface area contributed by atoms with E-state index >= 15 is 0 Å². The quantitative estimate of drug-likeness (QED) is 0.853. The number of hydrogen-bond donors (Lipinski definition) is 1. The molecule has 2 heteroatoms. The Hall–Kier alpha value is -1.31. The van der Waals surface area contributed by atoms with Gasteiger partial charge < -0.3 is 5.32 Å². The van der Waals surface area contributed by atoms with Gasteiger partial charge in [0.25, 0.3) is 0 Å². The summed E-state index contributed by atoms with van der Waals surface area (Å²) in [5, 5.41) is 3.29. The van der Waals surface area contributed by atoms with Crippen LogP contribution in [0.15, 0.2) is 30.3 Å². The highest BCUT2D eigenvalue weighted by Crippen LogP contribution is 2.29. The summed E-state index contributed by atoms with van der Waals surface area (Å²) in [7, 11) is 0. The van der Waals surface area contributed by atoms with Gasteiger partial charge in [-0.15, -0.1) is 0 Å². The monoisotopic (exact) mass is 289 g/mol. The predicted octanol–water partition coefficient (Wildman–Crippen LogP) is 4.44. The number of carbonyl (C=O) groups excluding carboxylic acids is 1. The summed E-state index contributed by atoms with van der Waals surface area (Å²) in [4.78, 5) is 12.6. The maximum atomic E-state index is 12.6. The van der Waals surface area contributed by atoms with Crippen molar-refractivity contribution in [1.82, 2.24) is 5.32 Å². The Labute approximate surface area is 130 Å². The number of amides is 1. The lowest BCUT2D eigenvalue weighted by atomic mass is 9.78. The molecule has 1 aromatic carbocycles. The molecule has 0 aliphatic heterocycles. The van der Waals surface area contributed by atoms with E-state index in [0.29, 0.717) is 5.92 Å². The van der Waals surface area contributed by atoms with Crippen molar-refractivity contribution in [3.05, 3.63) is 35.9 Å². The fourth-order valence-electron chi connectivity index (χ4n) is 2.03. The number of rotatable bonds is 5. The molecule has 0 aliphatic carbocycles. The average molecular weight is 289 g/mol. The summed E-state index contributed by atoms with van der Waals surface area (Å²) in [6.07, 6.45) is 0.865. The number of benzene rings is 1. The minimum atomic E-state index is -0.347. The molecule has 0 spiro atoms. The summed E-state index contributed by atoms with van der Waals surface area (Å²) in [6, 6.07) is 10.5. The van der Waals surface area contributed by atoms with Gasteiger partial charge >= 0.3 is 0 Å². The van der Waals surface area contributed by atoms with E-state index in [1.165, 1.54) is 5.56 Å². The van der Waals surface area contributed by atoms with Crippen molar-refractivity contribution in [2.45, 2.75) is 60.9 Å². The third kappa shape index (κ3) is 4.87. The number of carbonyl (C=O) groups is 1. The van der Waals surface area contributed by atoms with E-state index in [-0.39, 0.29) is 22.8 Å². The lowest BCUT2D eigenvalue weighted by molar-refractivity contribution is -0.133. The molecule has 0 saturated carbocycles. The van der Waals surface area contributed by atoms with Crippen LogP contribution in [0.25, 0.3) is 0 Å². The van der Waals surface area contributed by atoms with Crippen LogP contribution >= 0.6 is 0 Å². The zero-order valence-corrected chi connectivity index (χ0v) is 14.7. The average Bonchev–Trinajstić information content (AvgIpc) is 2.37. The first-order valence-corrected chi connectivity index (χ1v) is 7.90. The lowest BCUT2D eigenvalue weighted by Crippen LogP contribution is -2.50. The molecule has 21 heavy (non-hydrogen) atoms. The molecule has 1 N–H and O–H groups in total. The standard InChI is InChI=1S/C19H31NO/c1-14(2)19(6,7)17(21)20-16(18(3,4)5)13-15-11-9-8-10-12-15/h8-12,14,16H,13H2,1-7H3,(H,20,21)/t16-/m0/s1. The van der Waals surface area contributed by atoms with Gasteiger partial charge in [0.1, 0.15) is 0 Å². The van der Waals surface area contributed by atoms with Crippen LogP contribution < -0.4 is 5.32 Å². The zero-order chi connectivity index (χ0) is 16.3. The topological polar surface area (TPSA) is 29.1 Å². The molecule has 0 fully saturated rings. The van der Waals surface area contributed by atoms with Gasteiger partial charge in [0, 0.05) is 11.5 Å². The van der Waals surface area contributed by atoms with Gasteiger partial charge in [0.2, 0.25) is 5.91 Å². The van der Waals surface area contributed by atoms with Crippen molar-refractivity contribution in [2.24, 2.45) is 16.7 Å². The minimum absolute atomic E-state index is 0.0264. The SMILES string of the molecule is CC(C)C(C)(C)C(=O)N[C@@H](Cc1ccccc1)C(C)(C)C. The molecule has 1 aromatic rings. The van der Waals surface area contributed by atoms with Crippen LogP contribution in [0.3, 0.4) is 0 Å². The van der Waals surface area contributed by atoms with Crippen molar-refractivity contribution in [2.75, 3.05) is 0 Å². The van der Waals surface area contributed by atoms with Crippen molar-refractivity contribution in [3.63, 3.8) is 0 Å². The van der Waals surface area contributed by atoms with Crippen molar-refractivity contribution in [3.8, 4) is 0 Å². The second-order valence-electron chi connectivity index (χ2n) is 7.96. The van der Waals surface area contributed by atoms with Crippen LogP contribution in [0.4, 0.5) is 0 Å². The van der Waals surface area contributed by atoms with E-state index in [2.05, 4.69) is 64.2 Å². The van der Waals surface area contributed by atoms with Crippen LogP contribution in [0.2, 0.25) is 0 Å². The van der Waals surface area contributed by atoms with Gasteiger partial charge in [0.05, 0.1) is 0 Å². The van der Waals surface area contributed by atoms with E-state index in [1.807, 2.05) is 19.9 Å². The van der Waals surface area contributed by atoms with Crippen LogP contribution in [-0.2, 0) is 11.2 Å². The molecule has 0 aromatic heterocycles. The first kappa shape index (κ1) is 17.7. The van der Waals surface area contributed by atoms with E-state index in [4.69, 9.17) is 0 Å². The first-order valence-electron chi connectivity index (χ1n) is 7.90. The second kappa shape index (κ2) is 6.64. The number of nitrogens with one attached hydrogen (secondary N) is 1. The Kier molecular flexibility index (Phi) is 5.61. The highest BCUT2D eigenvalue weighted by Gasteiger charge is 2.35. The first-order chi connectivity index (χ1) is 9.55. The van der Waals surface area contributed by atoms with E-state index < -0.39 is 0 Å². The maximum absolute atomic E-state index is 12.6. The fraction of sp³-hybridized carbons (Fsp3) is 0.632. The normalized spacial score (nSPS) is 14.1. The molecule has 1 atom stereocenters. The summed E-state index contributed by atoms with van der Waals surface area (Å²) in [5.41, 5.74) is 0.943. The highest BCUT2D eigenvalue weighted by atomic mass is 16.2. The molecule has 0 heterocycles. The van der Waals surface area contributed by atoms with Gasteiger partial charge in [-0.3, -0.25) is 4.79 Å². The molecule has 0 unspecified atom stereocenters. The predicted molar refractivity (Wildman–Crippen MR) is 90.2 cm³/mol. The molecule has 0 radical (unpaired) electrons. The Morgan fingerprint density at radius 3 is 2.00 bits per heavy atom. The van der Waals surface area contributed by atoms with Crippen LogP contribution in [0.1, 0.15) is 54.0 Å². The van der Waals surface area contributed by atoms with Gasteiger partial charge in [-0.05, 0) is 23.3 Å². The van der Waals surface area contributed by atoms with Crippen LogP contribution in [0.5, 0.6) is 0 Å². The van der Waals surface area contributed by atoms with Crippen molar-refractivity contribution >= 4 is 5.91 Å². The van der Waals surface area contributed by atoms with Gasteiger partial charge in [0.15, 0.2) is 0 Å². The molecule has 0 saturated heterocycles. The van der Waals surface area contributed by atoms with E-state index in [1.54, 1.807) is 0 Å². The molecular formula is C19H31NO. The molecule has 1 amide bonds. The van der Waals surface area contributed by atoms with Crippen LogP contribution in [0, 0.1) is 16.7 Å². The molecule has 2 nitrogen and oxygen atoms in total. The molecular weight excluding hydrogens is 258 g/mol. The molecule has 0 bridgehead atoms. The summed E-state index contributed by atoms with van der Waals surface area (Å²) in [6.45, 7) is 14.8. The Morgan fingerprint density at radius 1 is 1.05 bits per heavy atom. The minimum Gasteiger partial charge on any atom is -0.352 e. The van der Waals surface area contributed by atoms with Gasteiger partial charge in [-0.1, -0.05) is 78.8 Å². The molecule has 1 rings (SSSR count). The zero-order valence-electron chi connectivity index (χ0n) is 14.7. The van der Waals surface area contributed by atoms with Crippen molar-refractivity contribution < 1.29 is 4.79 Å². The van der Waals surface area contributed by atoms with Gasteiger partial charge in [-0.2, -0.15) is 0 Å². The summed E-state index contributed by atoms with van der Waals surface area (Å²) < 4.78 is 0. The third-order valence-electron chi connectivity index (χ3n) is 4.66. The Balaban J connectivity index is 2.88. The maximum Gasteiger partial charge on any atom is 0.226 e. The van der Waals surface area contributed by atoms with Crippen LogP contribution in [-0.4, -0.2) is 11.9 Å². The largest absolute Gasteiger partial charge is 0.352 e. The molecule has 0 aliphatic rings. The highest BCUT2D eigenvalue weighted by molar-refractivity contribution is 5.82. The number of hydrogen-bond acceptors (Lipinski definition) is 1. The summed E-state index contributed by atoms with van der Waals surface area (Å²) in [5.74, 6) is 0.461.